The molecule has 0 aliphatic rings. The van der Waals surface area contributed by atoms with Crippen LogP contribution in [0.4, 0.5) is 5.13 Å². The fourth-order valence-electron chi connectivity index (χ4n) is 2.55. The van der Waals surface area contributed by atoms with E-state index in [4.69, 9.17) is 9.47 Å². The molecule has 158 valence electrons. The number of anilines is 1. The number of ether oxygens (including phenoxy) is 2. The van der Waals surface area contributed by atoms with E-state index in [-0.39, 0.29) is 17.8 Å². The molecule has 0 spiro atoms. The van der Waals surface area contributed by atoms with Crippen LogP contribution in [0.5, 0.6) is 11.5 Å². The number of hydrogen-bond acceptors (Lipinski definition) is 9. The van der Waals surface area contributed by atoms with Gasteiger partial charge in [-0.2, -0.15) is 0 Å². The second kappa shape index (κ2) is 10.2. The van der Waals surface area contributed by atoms with Gasteiger partial charge in [0.15, 0.2) is 17.1 Å². The van der Waals surface area contributed by atoms with Crippen LogP contribution in [0.2, 0.25) is 0 Å². The van der Waals surface area contributed by atoms with Gasteiger partial charge in [0, 0.05) is 6.54 Å². The van der Waals surface area contributed by atoms with Crippen LogP contribution in [0.1, 0.15) is 23.9 Å². The van der Waals surface area contributed by atoms with E-state index in [0.717, 1.165) is 10.8 Å². The van der Waals surface area contributed by atoms with Gasteiger partial charge in [0.2, 0.25) is 11.0 Å². The van der Waals surface area contributed by atoms with Gasteiger partial charge < -0.3 is 9.47 Å². The van der Waals surface area contributed by atoms with Gasteiger partial charge in [-0.1, -0.05) is 29.2 Å². The number of benzene rings is 1. The average molecular weight is 447 g/mol. The number of nitrogens with one attached hydrogen (secondary N) is 1. The Morgan fingerprint density at radius 2 is 2.00 bits per heavy atom. The molecule has 3 rings (SSSR count). The number of thioether (sulfide) groups is 1. The van der Waals surface area contributed by atoms with Crippen molar-refractivity contribution in [2.45, 2.75) is 31.7 Å². The maximum Gasteiger partial charge on any atom is 0.236 e. The molecule has 1 amide bonds. The third kappa shape index (κ3) is 5.57. The summed E-state index contributed by atoms with van der Waals surface area (Å²) in [5, 5.41) is 20.9. The number of aryl methyl sites for hydroxylation is 1. The Bertz CT molecular complexity index is 1000. The summed E-state index contributed by atoms with van der Waals surface area (Å²) in [6, 6.07) is 7.32. The van der Waals surface area contributed by atoms with Crippen LogP contribution < -0.4 is 14.8 Å². The first-order chi connectivity index (χ1) is 14.5. The molecular formula is C19H22N6O3S2. The van der Waals surface area contributed by atoms with Crippen molar-refractivity contribution in [3.63, 3.8) is 0 Å². The maximum atomic E-state index is 12.2. The molecule has 0 aliphatic carbocycles. The molecular weight excluding hydrogens is 424 g/mol. The molecule has 9 nitrogen and oxygen atoms in total. The van der Waals surface area contributed by atoms with Crippen molar-refractivity contribution >= 4 is 34.1 Å². The number of allylic oxidation sites excluding steroid dienone is 1. The molecule has 0 bridgehead atoms. The largest absolute Gasteiger partial charge is 0.497 e. The van der Waals surface area contributed by atoms with E-state index in [1.165, 1.54) is 23.1 Å². The molecule has 1 atom stereocenters. The molecule has 2 heterocycles. The van der Waals surface area contributed by atoms with Gasteiger partial charge in [0.1, 0.15) is 16.5 Å². The normalized spacial score (nSPS) is 11.7. The average Bonchev–Trinajstić information content (AvgIpc) is 3.33. The summed E-state index contributed by atoms with van der Waals surface area (Å²) in [5.74, 6) is 2.08. The van der Waals surface area contributed by atoms with Crippen LogP contribution in [-0.4, -0.2) is 43.7 Å². The van der Waals surface area contributed by atoms with Crippen molar-refractivity contribution in [1.82, 2.24) is 25.0 Å². The van der Waals surface area contributed by atoms with E-state index >= 15 is 0 Å². The summed E-state index contributed by atoms with van der Waals surface area (Å²) in [6.45, 7) is 8.02. The maximum absolute atomic E-state index is 12.2. The number of hydrogen-bond donors (Lipinski definition) is 1. The number of aromatic nitrogens is 5. The molecule has 30 heavy (non-hydrogen) atoms. The minimum atomic E-state index is -0.349. The molecule has 1 aromatic carbocycles. The van der Waals surface area contributed by atoms with E-state index in [9.17, 15) is 4.79 Å². The van der Waals surface area contributed by atoms with E-state index in [1.54, 1.807) is 13.2 Å². The van der Waals surface area contributed by atoms with Crippen molar-refractivity contribution in [3.05, 3.63) is 47.8 Å². The molecule has 1 N–H and O–H groups in total. The Kier molecular flexibility index (Phi) is 7.41. The molecule has 0 saturated carbocycles. The van der Waals surface area contributed by atoms with Crippen molar-refractivity contribution < 1.29 is 14.3 Å². The Labute approximate surface area is 182 Å². The topological polar surface area (TPSA) is 104 Å². The van der Waals surface area contributed by atoms with Gasteiger partial charge in [-0.3, -0.25) is 14.7 Å². The number of carbonyl (C=O) groups excluding carboxylic acids is 1. The van der Waals surface area contributed by atoms with Crippen LogP contribution >= 0.6 is 23.1 Å². The van der Waals surface area contributed by atoms with Gasteiger partial charge in [0.25, 0.3) is 0 Å². The number of carbonyl (C=O) groups is 1. The summed E-state index contributed by atoms with van der Waals surface area (Å²) in [5.41, 5.74) is 0. The molecule has 0 radical (unpaired) electrons. The van der Waals surface area contributed by atoms with Crippen LogP contribution in [0.25, 0.3) is 0 Å². The minimum Gasteiger partial charge on any atom is -0.497 e. The Hall–Kier alpha value is -2.92. The predicted molar refractivity (Wildman–Crippen MR) is 116 cm³/mol. The van der Waals surface area contributed by atoms with E-state index in [1.807, 2.05) is 42.7 Å². The highest BCUT2D eigenvalue weighted by Crippen LogP contribution is 2.26. The second-order valence-corrected chi connectivity index (χ2v) is 8.26. The summed E-state index contributed by atoms with van der Waals surface area (Å²) in [4.78, 5) is 12.2. The minimum absolute atomic E-state index is 0.168. The van der Waals surface area contributed by atoms with Gasteiger partial charge in [-0.15, -0.1) is 27.0 Å². The van der Waals surface area contributed by atoms with Crippen LogP contribution in [0.3, 0.4) is 0 Å². The number of methoxy groups -OCH3 is 1. The van der Waals surface area contributed by atoms with Crippen LogP contribution in [0.15, 0.2) is 42.1 Å². The third-order valence-corrected chi connectivity index (χ3v) is 5.62. The first-order valence-corrected chi connectivity index (χ1v) is 10.9. The summed E-state index contributed by atoms with van der Waals surface area (Å²) in [6.07, 6.45) is 1.40. The highest BCUT2D eigenvalue weighted by molar-refractivity contribution is 7.99. The highest BCUT2D eigenvalue weighted by Gasteiger charge is 2.20. The predicted octanol–water partition coefficient (Wildman–Crippen LogP) is 3.50. The van der Waals surface area contributed by atoms with Crippen molar-refractivity contribution in [2.24, 2.45) is 0 Å². The summed E-state index contributed by atoms with van der Waals surface area (Å²) in [7, 11) is 1.62. The molecule has 2 aromatic heterocycles. The van der Waals surface area contributed by atoms with Crippen LogP contribution in [-0.2, 0) is 11.3 Å². The summed E-state index contributed by atoms with van der Waals surface area (Å²) >= 11 is 2.61. The van der Waals surface area contributed by atoms with E-state index in [2.05, 4.69) is 32.3 Å². The lowest BCUT2D eigenvalue weighted by Crippen LogP contribution is -2.15. The fourth-order valence-corrected chi connectivity index (χ4v) is 3.91. The van der Waals surface area contributed by atoms with Crippen molar-refractivity contribution in [1.29, 1.82) is 0 Å². The monoisotopic (exact) mass is 446 g/mol. The molecule has 11 heteroatoms. The quantitative estimate of drug-likeness (QED) is 0.373. The van der Waals surface area contributed by atoms with Gasteiger partial charge in [-0.05, 0) is 38.1 Å². The van der Waals surface area contributed by atoms with E-state index < -0.39 is 0 Å². The summed E-state index contributed by atoms with van der Waals surface area (Å²) < 4.78 is 13.0. The number of rotatable bonds is 10. The number of amides is 1. The lowest BCUT2D eigenvalue weighted by molar-refractivity contribution is -0.113. The lowest BCUT2D eigenvalue weighted by Gasteiger charge is -2.16. The van der Waals surface area contributed by atoms with Gasteiger partial charge >= 0.3 is 0 Å². The smallest absolute Gasteiger partial charge is 0.236 e. The third-order valence-electron chi connectivity index (χ3n) is 3.90. The molecule has 3 aromatic rings. The SMILES string of the molecule is C=CCn1c(SCC(=O)Nc2nnc(C)s2)nnc1C(C)Oc1ccc(OC)cc1. The molecule has 1 unspecified atom stereocenters. The Morgan fingerprint density at radius 1 is 1.27 bits per heavy atom. The first kappa shape index (κ1) is 21.8. The Morgan fingerprint density at radius 3 is 2.63 bits per heavy atom. The molecule has 0 fully saturated rings. The fraction of sp³-hybridized carbons (Fsp3) is 0.316. The van der Waals surface area contributed by atoms with Gasteiger partial charge in [-0.25, -0.2) is 0 Å². The zero-order chi connectivity index (χ0) is 21.5. The van der Waals surface area contributed by atoms with Crippen LogP contribution in [0, 0.1) is 6.92 Å². The molecule has 0 saturated heterocycles. The highest BCUT2D eigenvalue weighted by atomic mass is 32.2. The standard InChI is InChI=1S/C19H22N6O3S2/c1-5-10-25-17(12(2)28-15-8-6-14(27-4)7-9-15)22-24-19(25)29-11-16(26)20-18-23-21-13(3)30-18/h5-9,12H,1,10-11H2,2-4H3,(H,20,23,26). The van der Waals surface area contributed by atoms with Crippen molar-refractivity contribution in [3.8, 4) is 11.5 Å². The van der Waals surface area contributed by atoms with E-state index in [0.29, 0.717) is 28.4 Å². The second-order valence-electron chi connectivity index (χ2n) is 6.14. The Balaban J connectivity index is 1.65. The lowest BCUT2D eigenvalue weighted by atomic mass is 10.3. The first-order valence-electron chi connectivity index (χ1n) is 9.07. The van der Waals surface area contributed by atoms with Crippen molar-refractivity contribution in [2.75, 3.05) is 18.2 Å². The van der Waals surface area contributed by atoms with Gasteiger partial charge in [0.05, 0.1) is 12.9 Å². The number of nitrogens with zero attached hydrogens (tertiary/aromatic N) is 5. The zero-order valence-electron chi connectivity index (χ0n) is 16.9. The molecule has 0 aliphatic heterocycles. The zero-order valence-corrected chi connectivity index (χ0v) is 18.5.